The van der Waals surface area contributed by atoms with Crippen LogP contribution in [0.1, 0.15) is 17.3 Å². The lowest BCUT2D eigenvalue weighted by molar-refractivity contribution is 0.101. The molecule has 0 saturated heterocycles. The van der Waals surface area contributed by atoms with Gasteiger partial charge in [0.15, 0.2) is 5.78 Å². The van der Waals surface area contributed by atoms with Crippen molar-refractivity contribution in [1.82, 2.24) is 4.90 Å². The molecule has 1 aromatic carbocycles. The molecule has 0 amide bonds. The molecule has 0 fully saturated rings. The molecule has 0 radical (unpaired) electrons. The lowest BCUT2D eigenvalue weighted by Gasteiger charge is -2.09. The zero-order chi connectivity index (χ0) is 12.1. The molecule has 0 aliphatic carbocycles. The van der Waals surface area contributed by atoms with Crippen LogP contribution in [0.15, 0.2) is 23.1 Å². The van der Waals surface area contributed by atoms with Crippen LogP contribution in [-0.4, -0.2) is 37.1 Å². The summed E-state index contributed by atoms with van der Waals surface area (Å²) in [6.45, 7) is 2.56. The molecular weight excluding hydrogens is 242 g/mol. The van der Waals surface area contributed by atoms with E-state index in [2.05, 4.69) is 4.90 Å². The Bertz CT molecular complexity index is 379. The molecule has 0 aliphatic rings. The van der Waals surface area contributed by atoms with Crippen LogP contribution in [0, 0.1) is 0 Å². The molecule has 4 heteroatoms. The number of ketones is 1. The fourth-order valence-corrected chi connectivity index (χ4v) is 2.56. The van der Waals surface area contributed by atoms with Crippen molar-refractivity contribution in [2.24, 2.45) is 0 Å². The molecule has 0 aliphatic heterocycles. The number of Topliss-reactive ketones (excluding diaryl/α,β-unsaturated/α-hetero) is 1. The topological polar surface area (TPSA) is 20.3 Å². The first-order valence-electron chi connectivity index (χ1n) is 5.08. The highest BCUT2D eigenvalue weighted by molar-refractivity contribution is 7.99. The molecule has 88 valence electrons. The zero-order valence-electron chi connectivity index (χ0n) is 9.79. The van der Waals surface area contributed by atoms with E-state index in [1.807, 2.05) is 26.2 Å². The third kappa shape index (κ3) is 4.16. The minimum Gasteiger partial charge on any atom is -0.309 e. The van der Waals surface area contributed by atoms with Gasteiger partial charge in [-0.2, -0.15) is 0 Å². The Kier molecular flexibility index (Phi) is 5.32. The number of thioether (sulfide) groups is 1. The smallest absolute Gasteiger partial charge is 0.159 e. The van der Waals surface area contributed by atoms with Gasteiger partial charge in [0.05, 0.1) is 5.02 Å². The molecule has 0 unspecified atom stereocenters. The van der Waals surface area contributed by atoms with E-state index in [1.165, 1.54) is 0 Å². The molecule has 0 spiro atoms. The van der Waals surface area contributed by atoms with Crippen molar-refractivity contribution in [2.75, 3.05) is 26.4 Å². The highest BCUT2D eigenvalue weighted by Crippen LogP contribution is 2.28. The molecule has 0 bridgehead atoms. The normalized spacial score (nSPS) is 10.8. The second-order valence-corrected chi connectivity index (χ2v) is 5.40. The fraction of sp³-hybridized carbons (Fsp3) is 0.417. The molecule has 1 rings (SSSR count). The van der Waals surface area contributed by atoms with Gasteiger partial charge in [-0.05, 0) is 33.2 Å². The second kappa shape index (κ2) is 6.28. The van der Waals surface area contributed by atoms with E-state index >= 15 is 0 Å². The quantitative estimate of drug-likeness (QED) is 0.597. The van der Waals surface area contributed by atoms with Crippen LogP contribution in [0.5, 0.6) is 0 Å². The highest BCUT2D eigenvalue weighted by atomic mass is 35.5. The third-order valence-electron chi connectivity index (χ3n) is 2.13. The molecule has 0 saturated carbocycles. The summed E-state index contributed by atoms with van der Waals surface area (Å²) in [7, 11) is 4.09. The van der Waals surface area contributed by atoms with Gasteiger partial charge >= 0.3 is 0 Å². The number of halogens is 1. The molecule has 16 heavy (non-hydrogen) atoms. The summed E-state index contributed by atoms with van der Waals surface area (Å²) in [5.41, 5.74) is 0.668. The van der Waals surface area contributed by atoms with Gasteiger partial charge in [0, 0.05) is 22.8 Å². The van der Waals surface area contributed by atoms with Gasteiger partial charge in [-0.15, -0.1) is 11.8 Å². The first-order chi connectivity index (χ1) is 7.50. The minimum absolute atomic E-state index is 0.0479. The van der Waals surface area contributed by atoms with Crippen molar-refractivity contribution in [3.8, 4) is 0 Å². The zero-order valence-corrected chi connectivity index (χ0v) is 11.4. The Balaban J connectivity index is 2.64. The lowest BCUT2D eigenvalue weighted by Crippen LogP contribution is -2.14. The van der Waals surface area contributed by atoms with Crippen molar-refractivity contribution in [1.29, 1.82) is 0 Å². The van der Waals surface area contributed by atoms with Crippen LogP contribution in [0.3, 0.4) is 0 Å². The Morgan fingerprint density at radius 1 is 1.44 bits per heavy atom. The van der Waals surface area contributed by atoms with Crippen LogP contribution in [0.25, 0.3) is 0 Å². The maximum absolute atomic E-state index is 11.1. The number of carbonyl (C=O) groups is 1. The number of nitrogens with zero attached hydrogens (tertiary/aromatic N) is 1. The van der Waals surface area contributed by atoms with Gasteiger partial charge in [-0.25, -0.2) is 0 Å². The van der Waals surface area contributed by atoms with E-state index in [9.17, 15) is 4.79 Å². The predicted octanol–water partition coefficient (Wildman–Crippen LogP) is 3.20. The summed E-state index contributed by atoms with van der Waals surface area (Å²) in [6.07, 6.45) is 0. The Labute approximate surface area is 106 Å². The van der Waals surface area contributed by atoms with E-state index in [-0.39, 0.29) is 5.78 Å². The average molecular weight is 258 g/mol. The van der Waals surface area contributed by atoms with Gasteiger partial charge in [0.25, 0.3) is 0 Å². The Hall–Kier alpha value is -0.510. The van der Waals surface area contributed by atoms with Crippen LogP contribution >= 0.6 is 23.4 Å². The number of rotatable bonds is 5. The first kappa shape index (κ1) is 13.6. The number of hydrogen-bond donors (Lipinski definition) is 0. The van der Waals surface area contributed by atoms with Crippen molar-refractivity contribution >= 4 is 29.1 Å². The highest BCUT2D eigenvalue weighted by Gasteiger charge is 2.05. The Morgan fingerprint density at radius 3 is 2.62 bits per heavy atom. The predicted molar refractivity (Wildman–Crippen MR) is 70.7 cm³/mol. The summed E-state index contributed by atoms with van der Waals surface area (Å²) in [4.78, 5) is 14.3. The summed E-state index contributed by atoms with van der Waals surface area (Å²) in [5.74, 6) is 1.04. The maximum atomic E-state index is 11.1. The fourth-order valence-electron chi connectivity index (χ4n) is 1.18. The standard InChI is InChI=1S/C12H16ClNOS/c1-9(15)10-4-5-12(11(13)8-10)16-7-6-14(2)3/h4-5,8H,6-7H2,1-3H3. The summed E-state index contributed by atoms with van der Waals surface area (Å²) in [6, 6.07) is 5.48. The van der Waals surface area contributed by atoms with Gasteiger partial charge in [0.2, 0.25) is 0 Å². The summed E-state index contributed by atoms with van der Waals surface area (Å²) in [5, 5.41) is 0.663. The first-order valence-corrected chi connectivity index (χ1v) is 6.45. The van der Waals surface area contributed by atoms with Crippen molar-refractivity contribution < 1.29 is 4.79 Å². The van der Waals surface area contributed by atoms with Crippen molar-refractivity contribution in [3.63, 3.8) is 0 Å². The second-order valence-electron chi connectivity index (χ2n) is 3.85. The van der Waals surface area contributed by atoms with Gasteiger partial charge in [-0.1, -0.05) is 17.7 Å². The van der Waals surface area contributed by atoms with Crippen LogP contribution in [0.4, 0.5) is 0 Å². The number of benzene rings is 1. The van der Waals surface area contributed by atoms with E-state index in [1.54, 1.807) is 24.8 Å². The van der Waals surface area contributed by atoms with Crippen LogP contribution in [0.2, 0.25) is 5.02 Å². The monoisotopic (exact) mass is 257 g/mol. The molecule has 0 atom stereocenters. The number of carbonyl (C=O) groups excluding carboxylic acids is 1. The Morgan fingerprint density at radius 2 is 2.12 bits per heavy atom. The molecule has 1 aromatic rings. The lowest BCUT2D eigenvalue weighted by atomic mass is 10.1. The third-order valence-corrected chi connectivity index (χ3v) is 3.61. The molecule has 0 N–H and O–H groups in total. The van der Waals surface area contributed by atoms with Crippen molar-refractivity contribution in [3.05, 3.63) is 28.8 Å². The van der Waals surface area contributed by atoms with Gasteiger partial charge in [-0.3, -0.25) is 4.79 Å². The summed E-state index contributed by atoms with van der Waals surface area (Å²) < 4.78 is 0. The largest absolute Gasteiger partial charge is 0.309 e. The van der Waals surface area contributed by atoms with E-state index < -0.39 is 0 Å². The van der Waals surface area contributed by atoms with Gasteiger partial charge in [0.1, 0.15) is 0 Å². The molecule has 2 nitrogen and oxygen atoms in total. The maximum Gasteiger partial charge on any atom is 0.159 e. The van der Waals surface area contributed by atoms with E-state index in [0.29, 0.717) is 10.6 Å². The van der Waals surface area contributed by atoms with Gasteiger partial charge < -0.3 is 4.90 Å². The van der Waals surface area contributed by atoms with Crippen LogP contribution in [-0.2, 0) is 0 Å². The molecular formula is C12H16ClNOS. The van der Waals surface area contributed by atoms with E-state index in [0.717, 1.165) is 17.2 Å². The summed E-state index contributed by atoms with van der Waals surface area (Å²) >= 11 is 7.81. The molecule has 0 aromatic heterocycles. The number of hydrogen-bond acceptors (Lipinski definition) is 3. The average Bonchev–Trinajstić information content (AvgIpc) is 2.19. The molecule has 0 heterocycles. The van der Waals surface area contributed by atoms with E-state index in [4.69, 9.17) is 11.6 Å². The SMILES string of the molecule is CC(=O)c1ccc(SCCN(C)C)c(Cl)c1. The van der Waals surface area contributed by atoms with Crippen molar-refractivity contribution in [2.45, 2.75) is 11.8 Å². The van der Waals surface area contributed by atoms with Crippen LogP contribution < -0.4 is 0 Å². The minimum atomic E-state index is 0.0479.